The van der Waals surface area contributed by atoms with Crippen LogP contribution in [0.15, 0.2) is 58.3 Å². The first-order valence-corrected chi connectivity index (χ1v) is 10.4. The summed E-state index contributed by atoms with van der Waals surface area (Å²) in [6, 6.07) is 10.5. The van der Waals surface area contributed by atoms with Gasteiger partial charge >= 0.3 is 0 Å². The van der Waals surface area contributed by atoms with Crippen LogP contribution in [0.3, 0.4) is 0 Å². The lowest BCUT2D eigenvalue weighted by Crippen LogP contribution is -2.32. The van der Waals surface area contributed by atoms with Crippen LogP contribution in [0.4, 0.5) is 0 Å². The summed E-state index contributed by atoms with van der Waals surface area (Å²) in [5.74, 6) is -0.972. The van der Waals surface area contributed by atoms with Gasteiger partial charge in [-0.1, -0.05) is 24.3 Å². The number of nitrogens with two attached hydrogens (primary N) is 1. The second-order valence-electron chi connectivity index (χ2n) is 6.07. The maximum atomic E-state index is 12.5. The molecular weight excluding hydrogens is 380 g/mol. The standard InChI is InChI=1S/C16H18N2O6S2/c1-16(2,20)12-7-5-6-11(10-12)15(19)18-26(23,24)14-9-4-3-8-13(14)25(17,21)22/h3-10,20H,1-2H3,(H,18,19)(H2,17,21,22). The fraction of sp³-hybridized carbons (Fsp3) is 0.188. The molecule has 0 heterocycles. The third-order valence-corrected chi connectivity index (χ3v) is 5.99. The quantitative estimate of drug-likeness (QED) is 0.676. The van der Waals surface area contributed by atoms with Gasteiger partial charge in [0.2, 0.25) is 10.0 Å². The van der Waals surface area contributed by atoms with Crippen LogP contribution in [0.5, 0.6) is 0 Å². The Labute approximate surface area is 151 Å². The average Bonchev–Trinajstić information content (AvgIpc) is 2.53. The molecule has 2 rings (SSSR count). The van der Waals surface area contributed by atoms with E-state index >= 15 is 0 Å². The summed E-state index contributed by atoms with van der Waals surface area (Å²) in [7, 11) is -8.80. The lowest BCUT2D eigenvalue weighted by atomic mass is 9.96. The molecule has 0 saturated heterocycles. The van der Waals surface area contributed by atoms with Crippen molar-refractivity contribution in [3.63, 3.8) is 0 Å². The Balaban J connectivity index is 2.42. The van der Waals surface area contributed by atoms with E-state index in [1.54, 1.807) is 6.07 Å². The van der Waals surface area contributed by atoms with Crippen LogP contribution in [0.25, 0.3) is 0 Å². The molecule has 0 unspecified atom stereocenters. The Kier molecular flexibility index (Phi) is 5.24. The molecule has 0 saturated carbocycles. The molecule has 0 radical (unpaired) electrons. The van der Waals surface area contributed by atoms with Crippen LogP contribution >= 0.6 is 0 Å². The number of carbonyl (C=O) groups is 1. The summed E-state index contributed by atoms with van der Waals surface area (Å²) in [4.78, 5) is 11.1. The zero-order chi connectivity index (χ0) is 19.8. The molecule has 2 aromatic carbocycles. The van der Waals surface area contributed by atoms with Gasteiger partial charge in [-0.2, -0.15) is 0 Å². The lowest BCUT2D eigenvalue weighted by Gasteiger charge is -2.18. The van der Waals surface area contributed by atoms with Crippen molar-refractivity contribution in [2.45, 2.75) is 29.2 Å². The van der Waals surface area contributed by atoms with E-state index in [0.29, 0.717) is 5.56 Å². The van der Waals surface area contributed by atoms with Gasteiger partial charge in [-0.15, -0.1) is 0 Å². The number of rotatable bonds is 5. The summed E-state index contributed by atoms with van der Waals surface area (Å²) in [5, 5.41) is 15.0. The number of hydrogen-bond acceptors (Lipinski definition) is 6. The number of benzene rings is 2. The van der Waals surface area contributed by atoms with Crippen molar-refractivity contribution in [3.05, 3.63) is 59.7 Å². The van der Waals surface area contributed by atoms with Crippen LogP contribution < -0.4 is 9.86 Å². The first-order chi connectivity index (χ1) is 11.8. The van der Waals surface area contributed by atoms with Gasteiger partial charge in [0.1, 0.15) is 9.79 Å². The monoisotopic (exact) mass is 398 g/mol. The van der Waals surface area contributed by atoms with E-state index in [9.17, 15) is 26.7 Å². The Morgan fingerprint density at radius 2 is 1.58 bits per heavy atom. The fourth-order valence-corrected chi connectivity index (χ4v) is 4.54. The second kappa shape index (κ2) is 6.80. The van der Waals surface area contributed by atoms with Gasteiger partial charge in [-0.3, -0.25) is 4.79 Å². The van der Waals surface area contributed by atoms with Crippen molar-refractivity contribution in [3.8, 4) is 0 Å². The Hall–Kier alpha value is -2.27. The number of amides is 1. The molecule has 2 aromatic rings. The number of aliphatic hydroxyl groups is 1. The molecule has 0 aliphatic heterocycles. The molecule has 26 heavy (non-hydrogen) atoms. The maximum Gasteiger partial charge on any atom is 0.265 e. The van der Waals surface area contributed by atoms with Crippen molar-refractivity contribution in [2.24, 2.45) is 5.14 Å². The normalized spacial score (nSPS) is 12.6. The number of primary sulfonamides is 1. The SMILES string of the molecule is CC(C)(O)c1cccc(C(=O)NS(=O)(=O)c2ccccc2S(N)(=O)=O)c1. The summed E-state index contributed by atoms with van der Waals surface area (Å²) in [5.41, 5.74) is -0.830. The highest BCUT2D eigenvalue weighted by molar-refractivity contribution is 7.92. The molecule has 0 fully saturated rings. The minimum atomic E-state index is -4.49. The van der Waals surface area contributed by atoms with E-state index in [-0.39, 0.29) is 5.56 Å². The Morgan fingerprint density at radius 1 is 1.00 bits per heavy atom. The van der Waals surface area contributed by atoms with Gasteiger partial charge in [0, 0.05) is 5.56 Å². The van der Waals surface area contributed by atoms with Gasteiger partial charge in [0.15, 0.2) is 0 Å². The van der Waals surface area contributed by atoms with Crippen LogP contribution in [0.1, 0.15) is 29.8 Å². The van der Waals surface area contributed by atoms with Gasteiger partial charge in [0.05, 0.1) is 5.60 Å². The molecule has 140 valence electrons. The van der Waals surface area contributed by atoms with Crippen LogP contribution in [0.2, 0.25) is 0 Å². The Bertz CT molecular complexity index is 1050. The van der Waals surface area contributed by atoms with Crippen molar-refractivity contribution in [2.75, 3.05) is 0 Å². The van der Waals surface area contributed by atoms with Crippen LogP contribution in [0, 0.1) is 0 Å². The molecule has 1 amide bonds. The fourth-order valence-electron chi connectivity index (χ4n) is 2.18. The molecule has 0 bridgehead atoms. The van der Waals surface area contributed by atoms with Crippen LogP contribution in [-0.4, -0.2) is 27.8 Å². The van der Waals surface area contributed by atoms with E-state index in [0.717, 1.165) is 12.1 Å². The van der Waals surface area contributed by atoms with Crippen molar-refractivity contribution >= 4 is 26.0 Å². The third kappa shape index (κ3) is 4.47. The van der Waals surface area contributed by atoms with E-state index < -0.39 is 41.3 Å². The Morgan fingerprint density at radius 3 is 2.12 bits per heavy atom. The van der Waals surface area contributed by atoms with Gasteiger partial charge in [-0.05, 0) is 43.7 Å². The molecule has 8 nitrogen and oxygen atoms in total. The summed E-state index contributed by atoms with van der Waals surface area (Å²) in [6.45, 7) is 3.03. The first kappa shape index (κ1) is 20.0. The highest BCUT2D eigenvalue weighted by Gasteiger charge is 2.26. The van der Waals surface area contributed by atoms with Gasteiger partial charge in [-0.25, -0.2) is 26.7 Å². The molecular formula is C16H18N2O6S2. The van der Waals surface area contributed by atoms with Gasteiger partial charge in [0.25, 0.3) is 15.9 Å². The van der Waals surface area contributed by atoms with Crippen molar-refractivity contribution < 1.29 is 26.7 Å². The third-order valence-electron chi connectivity index (χ3n) is 3.50. The molecule has 4 N–H and O–H groups in total. The average molecular weight is 398 g/mol. The number of sulfonamides is 2. The molecule has 0 spiro atoms. The highest BCUT2D eigenvalue weighted by Crippen LogP contribution is 2.22. The number of nitrogens with one attached hydrogen (secondary N) is 1. The zero-order valence-corrected chi connectivity index (χ0v) is 15.6. The van der Waals surface area contributed by atoms with E-state index in [4.69, 9.17) is 5.14 Å². The van der Waals surface area contributed by atoms with Gasteiger partial charge < -0.3 is 5.11 Å². The molecule has 0 aliphatic rings. The summed E-state index contributed by atoms with van der Waals surface area (Å²) in [6.07, 6.45) is 0. The summed E-state index contributed by atoms with van der Waals surface area (Å²) < 4.78 is 49.9. The number of carbonyl (C=O) groups excluding carboxylic acids is 1. The molecule has 10 heteroatoms. The topological polar surface area (TPSA) is 144 Å². The van der Waals surface area contributed by atoms with E-state index in [1.165, 1.54) is 44.2 Å². The molecule has 0 aliphatic carbocycles. The zero-order valence-electron chi connectivity index (χ0n) is 14.0. The predicted molar refractivity (Wildman–Crippen MR) is 94.2 cm³/mol. The smallest absolute Gasteiger partial charge is 0.265 e. The molecule has 0 atom stereocenters. The van der Waals surface area contributed by atoms with Crippen molar-refractivity contribution in [1.29, 1.82) is 0 Å². The predicted octanol–water partition coefficient (Wildman–Crippen LogP) is 0.680. The van der Waals surface area contributed by atoms with E-state index in [2.05, 4.69) is 0 Å². The minimum Gasteiger partial charge on any atom is -0.386 e. The largest absolute Gasteiger partial charge is 0.386 e. The highest BCUT2D eigenvalue weighted by atomic mass is 32.2. The first-order valence-electron chi connectivity index (χ1n) is 7.34. The lowest BCUT2D eigenvalue weighted by molar-refractivity contribution is 0.0784. The molecule has 0 aromatic heterocycles. The summed E-state index contributed by atoms with van der Waals surface area (Å²) >= 11 is 0. The maximum absolute atomic E-state index is 12.5. The second-order valence-corrected chi connectivity index (χ2v) is 9.25. The number of hydrogen-bond donors (Lipinski definition) is 3. The van der Waals surface area contributed by atoms with Crippen molar-refractivity contribution in [1.82, 2.24) is 4.72 Å². The van der Waals surface area contributed by atoms with E-state index in [1.807, 2.05) is 4.72 Å². The van der Waals surface area contributed by atoms with Crippen LogP contribution in [-0.2, 0) is 25.6 Å². The minimum absolute atomic E-state index is 0.0127.